The van der Waals surface area contributed by atoms with Crippen LogP contribution in [0.1, 0.15) is 39.5 Å². The Morgan fingerprint density at radius 1 is 1.12 bits per heavy atom. The largest absolute Gasteiger partial charge is 0.379 e. The summed E-state index contributed by atoms with van der Waals surface area (Å²) in [5.74, 6) is 0.864. The lowest BCUT2D eigenvalue weighted by Crippen LogP contribution is -2.46. The van der Waals surface area contributed by atoms with Crippen LogP contribution in [0.25, 0.3) is 0 Å². The Hall–Kier alpha value is -1.94. The van der Waals surface area contributed by atoms with E-state index in [4.69, 9.17) is 16.3 Å². The standard InChI is InChI=1S/C23H32ClN5O3S/c1-16(2)33(30,31)21-6-4-3-5-20(21)27-22-19(24)15-25-23(28-22)26-17-7-9-18(10-8-17)29-11-13-32-14-12-29/h3-6,15-18H,7-14H2,1-2H3,(H2,25,26,27,28). The highest BCUT2D eigenvalue weighted by atomic mass is 35.5. The zero-order valence-electron chi connectivity index (χ0n) is 19.1. The van der Waals surface area contributed by atoms with Gasteiger partial charge in [0, 0.05) is 25.2 Å². The maximum Gasteiger partial charge on any atom is 0.224 e. The summed E-state index contributed by atoms with van der Waals surface area (Å²) in [7, 11) is -3.46. The van der Waals surface area contributed by atoms with Crippen molar-refractivity contribution < 1.29 is 13.2 Å². The first kappa shape index (κ1) is 24.2. The molecule has 2 fully saturated rings. The van der Waals surface area contributed by atoms with Gasteiger partial charge in [-0.2, -0.15) is 4.98 Å². The highest BCUT2D eigenvalue weighted by molar-refractivity contribution is 7.92. The minimum atomic E-state index is -3.46. The first-order valence-electron chi connectivity index (χ1n) is 11.6. The number of aromatic nitrogens is 2. The fourth-order valence-corrected chi connectivity index (χ4v) is 5.77. The van der Waals surface area contributed by atoms with Crippen molar-refractivity contribution in [3.05, 3.63) is 35.5 Å². The van der Waals surface area contributed by atoms with Gasteiger partial charge in [-0.25, -0.2) is 13.4 Å². The number of rotatable bonds is 7. The third-order valence-electron chi connectivity index (χ3n) is 6.40. The van der Waals surface area contributed by atoms with Gasteiger partial charge in [-0.15, -0.1) is 0 Å². The molecule has 1 aliphatic carbocycles. The van der Waals surface area contributed by atoms with Gasteiger partial charge in [0.1, 0.15) is 5.02 Å². The molecule has 0 amide bonds. The number of morpholine rings is 1. The number of benzene rings is 1. The number of para-hydroxylation sites is 1. The lowest BCUT2D eigenvalue weighted by Gasteiger charge is -2.38. The summed E-state index contributed by atoms with van der Waals surface area (Å²) >= 11 is 6.34. The van der Waals surface area contributed by atoms with Crippen LogP contribution >= 0.6 is 11.6 Å². The normalized spacial score (nSPS) is 22.3. The van der Waals surface area contributed by atoms with E-state index < -0.39 is 15.1 Å². The summed E-state index contributed by atoms with van der Waals surface area (Å²) in [5, 5.41) is 6.34. The van der Waals surface area contributed by atoms with Gasteiger partial charge in [-0.3, -0.25) is 4.90 Å². The Morgan fingerprint density at radius 3 is 2.52 bits per heavy atom. The lowest BCUT2D eigenvalue weighted by molar-refractivity contribution is 0.00790. The van der Waals surface area contributed by atoms with Gasteiger partial charge in [0.05, 0.1) is 35.2 Å². The predicted octanol–water partition coefficient (Wildman–Crippen LogP) is 4.11. The van der Waals surface area contributed by atoms with Gasteiger partial charge in [-0.1, -0.05) is 23.7 Å². The highest BCUT2D eigenvalue weighted by Gasteiger charge is 2.27. The molecule has 1 saturated heterocycles. The predicted molar refractivity (Wildman–Crippen MR) is 131 cm³/mol. The molecule has 4 rings (SSSR count). The van der Waals surface area contributed by atoms with E-state index in [0.29, 0.717) is 34.6 Å². The van der Waals surface area contributed by atoms with Crippen LogP contribution in [0.3, 0.4) is 0 Å². The molecule has 0 atom stereocenters. The first-order chi connectivity index (χ1) is 15.8. The molecule has 8 nitrogen and oxygen atoms in total. The Labute approximate surface area is 201 Å². The average molecular weight is 494 g/mol. The van der Waals surface area contributed by atoms with Gasteiger partial charge in [0.2, 0.25) is 5.95 Å². The SMILES string of the molecule is CC(C)S(=O)(=O)c1ccccc1Nc1nc(NC2CCC(N3CCOCC3)CC2)ncc1Cl. The van der Waals surface area contributed by atoms with Gasteiger partial charge < -0.3 is 15.4 Å². The van der Waals surface area contributed by atoms with Crippen LogP contribution < -0.4 is 10.6 Å². The summed E-state index contributed by atoms with van der Waals surface area (Å²) in [5.41, 5.74) is 0.448. The molecule has 10 heteroatoms. The van der Waals surface area contributed by atoms with E-state index in [1.54, 1.807) is 38.1 Å². The Balaban J connectivity index is 1.43. The number of hydrogen-bond acceptors (Lipinski definition) is 8. The molecule has 2 N–H and O–H groups in total. The van der Waals surface area contributed by atoms with Crippen LogP contribution in [0.5, 0.6) is 0 Å². The molecule has 1 aromatic carbocycles. The molecule has 180 valence electrons. The summed E-state index contributed by atoms with van der Waals surface area (Å²) in [6.07, 6.45) is 5.91. The Morgan fingerprint density at radius 2 is 1.82 bits per heavy atom. The quantitative estimate of drug-likeness (QED) is 0.594. The maximum absolute atomic E-state index is 12.8. The lowest BCUT2D eigenvalue weighted by atomic mass is 9.90. The average Bonchev–Trinajstić information content (AvgIpc) is 2.82. The fourth-order valence-electron chi connectivity index (χ4n) is 4.43. The van der Waals surface area contributed by atoms with Gasteiger partial charge in [0.15, 0.2) is 15.7 Å². The number of halogens is 1. The minimum Gasteiger partial charge on any atom is -0.379 e. The van der Waals surface area contributed by atoms with Crippen molar-refractivity contribution in [2.75, 3.05) is 36.9 Å². The van der Waals surface area contributed by atoms with Crippen LogP contribution in [0.15, 0.2) is 35.4 Å². The Kier molecular flexibility index (Phi) is 7.73. The monoisotopic (exact) mass is 493 g/mol. The van der Waals surface area contributed by atoms with Crippen molar-refractivity contribution in [3.63, 3.8) is 0 Å². The highest BCUT2D eigenvalue weighted by Crippen LogP contribution is 2.31. The maximum atomic E-state index is 12.8. The molecule has 2 aliphatic rings. The van der Waals surface area contributed by atoms with E-state index in [1.165, 1.54) is 6.20 Å². The summed E-state index contributed by atoms with van der Waals surface area (Å²) in [4.78, 5) is 11.7. The van der Waals surface area contributed by atoms with E-state index in [0.717, 1.165) is 52.0 Å². The molecule has 1 saturated carbocycles. The van der Waals surface area contributed by atoms with Crippen LogP contribution in [-0.2, 0) is 14.6 Å². The third kappa shape index (κ3) is 5.77. The topological polar surface area (TPSA) is 96.5 Å². The summed E-state index contributed by atoms with van der Waals surface area (Å²) in [6.45, 7) is 7.03. The number of hydrogen-bond donors (Lipinski definition) is 2. The van der Waals surface area contributed by atoms with Gasteiger partial charge in [0.25, 0.3) is 0 Å². The first-order valence-corrected chi connectivity index (χ1v) is 13.5. The second-order valence-corrected chi connectivity index (χ2v) is 11.8. The molecule has 2 heterocycles. The molecular weight excluding hydrogens is 462 g/mol. The molecule has 1 aliphatic heterocycles. The molecule has 0 bridgehead atoms. The van der Waals surface area contributed by atoms with Crippen molar-refractivity contribution in [2.24, 2.45) is 0 Å². The zero-order chi connectivity index (χ0) is 23.4. The van der Waals surface area contributed by atoms with Crippen molar-refractivity contribution in [2.45, 2.75) is 61.8 Å². The van der Waals surface area contributed by atoms with Crippen LogP contribution in [0, 0.1) is 0 Å². The molecule has 1 aromatic heterocycles. The van der Waals surface area contributed by atoms with E-state index >= 15 is 0 Å². The van der Waals surface area contributed by atoms with Crippen molar-refractivity contribution in [3.8, 4) is 0 Å². The minimum absolute atomic E-state index is 0.227. The van der Waals surface area contributed by atoms with Crippen molar-refractivity contribution in [1.29, 1.82) is 0 Å². The number of nitrogens with zero attached hydrogens (tertiary/aromatic N) is 3. The van der Waals surface area contributed by atoms with E-state index in [1.807, 2.05) is 0 Å². The van der Waals surface area contributed by atoms with E-state index in [2.05, 4.69) is 25.5 Å². The second-order valence-electron chi connectivity index (χ2n) is 8.90. The second kappa shape index (κ2) is 10.5. The Bertz CT molecular complexity index is 1050. The number of anilines is 3. The van der Waals surface area contributed by atoms with Gasteiger partial charge >= 0.3 is 0 Å². The van der Waals surface area contributed by atoms with E-state index in [-0.39, 0.29) is 4.90 Å². The summed E-state index contributed by atoms with van der Waals surface area (Å²) in [6, 6.07) is 7.72. The third-order valence-corrected chi connectivity index (χ3v) is 8.89. The zero-order valence-corrected chi connectivity index (χ0v) is 20.7. The van der Waals surface area contributed by atoms with Crippen LogP contribution in [0.2, 0.25) is 5.02 Å². The summed E-state index contributed by atoms with van der Waals surface area (Å²) < 4.78 is 31.0. The van der Waals surface area contributed by atoms with Crippen molar-refractivity contribution in [1.82, 2.24) is 14.9 Å². The molecule has 2 aromatic rings. The number of ether oxygens (including phenoxy) is 1. The fraction of sp³-hybridized carbons (Fsp3) is 0.565. The smallest absolute Gasteiger partial charge is 0.224 e. The van der Waals surface area contributed by atoms with Gasteiger partial charge in [-0.05, 0) is 51.7 Å². The van der Waals surface area contributed by atoms with Crippen molar-refractivity contribution >= 4 is 38.9 Å². The number of nitrogens with one attached hydrogen (secondary N) is 2. The molecule has 0 unspecified atom stereocenters. The molecule has 0 spiro atoms. The molecule has 33 heavy (non-hydrogen) atoms. The number of sulfone groups is 1. The molecular formula is C23H32ClN5O3S. The van der Waals surface area contributed by atoms with Crippen LogP contribution in [-0.4, -0.2) is 66.9 Å². The molecule has 0 radical (unpaired) electrons. The van der Waals surface area contributed by atoms with Crippen LogP contribution in [0.4, 0.5) is 17.5 Å². The van der Waals surface area contributed by atoms with E-state index in [9.17, 15) is 8.42 Å².